The van der Waals surface area contributed by atoms with E-state index >= 15 is 0 Å². The zero-order valence-corrected chi connectivity index (χ0v) is 10.7. The fourth-order valence-electron chi connectivity index (χ4n) is 1.60. The molecular formula is C12H14BrN3. The molecule has 2 N–H and O–H groups in total. The van der Waals surface area contributed by atoms with Crippen LogP contribution in [0.3, 0.4) is 0 Å². The van der Waals surface area contributed by atoms with Crippen molar-refractivity contribution in [3.63, 3.8) is 0 Å². The molecule has 0 fully saturated rings. The van der Waals surface area contributed by atoms with Gasteiger partial charge in [-0.3, -0.25) is 0 Å². The largest absolute Gasteiger partial charge is 0.330 e. The number of hydrogen-bond donors (Lipinski definition) is 1. The van der Waals surface area contributed by atoms with Crippen molar-refractivity contribution in [1.29, 1.82) is 0 Å². The average Bonchev–Trinajstić information content (AvgIpc) is 2.68. The summed E-state index contributed by atoms with van der Waals surface area (Å²) in [5, 5.41) is 4.37. The van der Waals surface area contributed by atoms with Gasteiger partial charge in [0, 0.05) is 10.7 Å². The highest BCUT2D eigenvalue weighted by atomic mass is 79.9. The molecule has 0 saturated carbocycles. The van der Waals surface area contributed by atoms with Crippen LogP contribution in [0.2, 0.25) is 0 Å². The number of nitrogens with two attached hydrogens (primary N) is 1. The lowest BCUT2D eigenvalue weighted by Crippen LogP contribution is -2.04. The Labute approximate surface area is 103 Å². The predicted molar refractivity (Wildman–Crippen MR) is 68.8 cm³/mol. The van der Waals surface area contributed by atoms with Gasteiger partial charge in [0.1, 0.15) is 0 Å². The van der Waals surface area contributed by atoms with Crippen molar-refractivity contribution in [2.75, 3.05) is 6.54 Å². The van der Waals surface area contributed by atoms with Gasteiger partial charge >= 0.3 is 0 Å². The van der Waals surface area contributed by atoms with Crippen molar-refractivity contribution in [2.45, 2.75) is 13.3 Å². The Morgan fingerprint density at radius 3 is 2.75 bits per heavy atom. The highest BCUT2D eigenvalue weighted by Gasteiger charge is 2.03. The van der Waals surface area contributed by atoms with Gasteiger partial charge in [0.2, 0.25) is 0 Å². The lowest BCUT2D eigenvalue weighted by molar-refractivity contribution is 0.859. The molecule has 1 heterocycles. The first-order valence-electron chi connectivity index (χ1n) is 5.22. The molecule has 0 bridgehead atoms. The summed E-state index contributed by atoms with van der Waals surface area (Å²) in [5.41, 5.74) is 8.85. The summed E-state index contributed by atoms with van der Waals surface area (Å²) >= 11 is 3.56. The van der Waals surface area contributed by atoms with Gasteiger partial charge in [-0.05, 0) is 43.7 Å². The molecule has 3 nitrogen and oxygen atoms in total. The lowest BCUT2D eigenvalue weighted by atomic mass is 10.1. The molecule has 0 aliphatic carbocycles. The van der Waals surface area contributed by atoms with Crippen LogP contribution in [-0.2, 0) is 6.42 Å². The number of aryl methyl sites for hydroxylation is 1. The van der Waals surface area contributed by atoms with E-state index in [1.807, 2.05) is 23.9 Å². The van der Waals surface area contributed by atoms with E-state index in [2.05, 4.69) is 39.2 Å². The van der Waals surface area contributed by atoms with Crippen LogP contribution in [0.4, 0.5) is 0 Å². The van der Waals surface area contributed by atoms with E-state index in [0.29, 0.717) is 6.54 Å². The van der Waals surface area contributed by atoms with E-state index in [0.717, 1.165) is 22.3 Å². The van der Waals surface area contributed by atoms with Crippen LogP contribution < -0.4 is 5.73 Å². The van der Waals surface area contributed by atoms with E-state index in [4.69, 9.17) is 5.73 Å². The second-order valence-corrected chi connectivity index (χ2v) is 4.57. The second-order valence-electron chi connectivity index (χ2n) is 3.72. The van der Waals surface area contributed by atoms with Gasteiger partial charge in [-0.25, -0.2) is 4.68 Å². The van der Waals surface area contributed by atoms with Gasteiger partial charge < -0.3 is 5.73 Å². The summed E-state index contributed by atoms with van der Waals surface area (Å²) in [6.07, 6.45) is 2.85. The highest BCUT2D eigenvalue weighted by molar-refractivity contribution is 9.10. The minimum atomic E-state index is 0.666. The third kappa shape index (κ3) is 2.33. The van der Waals surface area contributed by atoms with Crippen molar-refractivity contribution in [2.24, 2.45) is 5.73 Å². The Kier molecular flexibility index (Phi) is 3.41. The van der Waals surface area contributed by atoms with E-state index in [1.54, 1.807) is 0 Å². The molecule has 16 heavy (non-hydrogen) atoms. The number of halogens is 1. The summed E-state index contributed by atoms with van der Waals surface area (Å²) in [7, 11) is 0. The van der Waals surface area contributed by atoms with Crippen molar-refractivity contribution in [1.82, 2.24) is 9.78 Å². The highest BCUT2D eigenvalue weighted by Crippen LogP contribution is 2.21. The minimum absolute atomic E-state index is 0.666. The molecule has 0 unspecified atom stereocenters. The summed E-state index contributed by atoms with van der Waals surface area (Å²) in [4.78, 5) is 0. The first kappa shape index (κ1) is 11.4. The molecule has 2 rings (SSSR count). The maximum atomic E-state index is 5.54. The molecule has 0 aliphatic rings. The normalized spacial score (nSPS) is 10.7. The van der Waals surface area contributed by atoms with Crippen molar-refractivity contribution in [3.05, 3.63) is 46.2 Å². The van der Waals surface area contributed by atoms with Gasteiger partial charge in [-0.1, -0.05) is 22.0 Å². The van der Waals surface area contributed by atoms with Crippen LogP contribution in [0, 0.1) is 6.92 Å². The van der Waals surface area contributed by atoms with Crippen LogP contribution in [0.5, 0.6) is 0 Å². The summed E-state index contributed by atoms with van der Waals surface area (Å²) in [6, 6.07) is 8.20. The maximum absolute atomic E-state index is 5.54. The molecule has 0 aliphatic heterocycles. The summed E-state index contributed by atoms with van der Waals surface area (Å²) < 4.78 is 2.95. The average molecular weight is 280 g/mol. The fourth-order valence-corrected chi connectivity index (χ4v) is 2.16. The Morgan fingerprint density at radius 1 is 1.38 bits per heavy atom. The molecule has 0 spiro atoms. The van der Waals surface area contributed by atoms with Crippen LogP contribution in [0.15, 0.2) is 34.9 Å². The quantitative estimate of drug-likeness (QED) is 0.938. The first-order chi connectivity index (χ1) is 7.70. The molecule has 2 aromatic rings. The molecule has 0 saturated heterocycles. The Balaban J connectivity index is 2.34. The SMILES string of the molecule is Cc1ccn(-c2ccc(CCN)c(Br)c2)n1. The number of aromatic nitrogens is 2. The number of rotatable bonds is 3. The third-order valence-electron chi connectivity index (χ3n) is 2.44. The van der Waals surface area contributed by atoms with E-state index < -0.39 is 0 Å². The molecule has 1 aromatic carbocycles. The van der Waals surface area contributed by atoms with E-state index in [1.165, 1.54) is 5.56 Å². The van der Waals surface area contributed by atoms with Gasteiger partial charge in [0.05, 0.1) is 11.4 Å². The Morgan fingerprint density at radius 2 is 2.19 bits per heavy atom. The molecule has 0 radical (unpaired) electrons. The van der Waals surface area contributed by atoms with Crippen LogP contribution in [0.25, 0.3) is 5.69 Å². The smallest absolute Gasteiger partial charge is 0.0657 e. The van der Waals surface area contributed by atoms with Gasteiger partial charge in [0.25, 0.3) is 0 Å². The number of hydrogen-bond acceptors (Lipinski definition) is 2. The molecule has 84 valence electrons. The minimum Gasteiger partial charge on any atom is -0.330 e. The first-order valence-corrected chi connectivity index (χ1v) is 6.01. The predicted octanol–water partition coefficient (Wildman–Crippen LogP) is 2.44. The second kappa shape index (κ2) is 4.80. The molecule has 0 amide bonds. The Hall–Kier alpha value is -1.13. The lowest BCUT2D eigenvalue weighted by Gasteiger charge is -2.06. The monoisotopic (exact) mass is 279 g/mol. The van der Waals surface area contributed by atoms with Crippen LogP contribution in [-0.4, -0.2) is 16.3 Å². The maximum Gasteiger partial charge on any atom is 0.0657 e. The zero-order chi connectivity index (χ0) is 11.5. The standard InChI is InChI=1S/C12H14BrN3/c1-9-5-7-16(15-9)11-3-2-10(4-6-14)12(13)8-11/h2-3,5,7-8H,4,6,14H2,1H3. The fraction of sp³-hybridized carbons (Fsp3) is 0.250. The Bertz CT molecular complexity index is 491. The summed E-state index contributed by atoms with van der Waals surface area (Å²) in [5.74, 6) is 0. The van der Waals surface area contributed by atoms with Crippen LogP contribution >= 0.6 is 15.9 Å². The molecule has 4 heteroatoms. The zero-order valence-electron chi connectivity index (χ0n) is 9.15. The van der Waals surface area contributed by atoms with Gasteiger partial charge in [-0.15, -0.1) is 0 Å². The van der Waals surface area contributed by atoms with Crippen molar-refractivity contribution < 1.29 is 0 Å². The number of benzene rings is 1. The molecule has 0 atom stereocenters. The van der Waals surface area contributed by atoms with Gasteiger partial charge in [-0.2, -0.15) is 5.10 Å². The van der Waals surface area contributed by atoms with Crippen molar-refractivity contribution >= 4 is 15.9 Å². The number of nitrogens with zero attached hydrogens (tertiary/aromatic N) is 2. The molecule has 1 aromatic heterocycles. The van der Waals surface area contributed by atoms with Crippen LogP contribution in [0.1, 0.15) is 11.3 Å². The summed E-state index contributed by atoms with van der Waals surface area (Å²) in [6.45, 7) is 2.65. The van der Waals surface area contributed by atoms with E-state index in [-0.39, 0.29) is 0 Å². The van der Waals surface area contributed by atoms with Crippen molar-refractivity contribution in [3.8, 4) is 5.69 Å². The third-order valence-corrected chi connectivity index (χ3v) is 3.18. The topological polar surface area (TPSA) is 43.8 Å². The van der Waals surface area contributed by atoms with E-state index in [9.17, 15) is 0 Å². The molecular weight excluding hydrogens is 266 g/mol. The van der Waals surface area contributed by atoms with Gasteiger partial charge in [0.15, 0.2) is 0 Å².